The molecule has 6 heteroatoms. The summed E-state index contributed by atoms with van der Waals surface area (Å²) in [7, 11) is 0. The molecule has 110 valence electrons. The average Bonchev–Trinajstić information content (AvgIpc) is 2.44. The number of nitrogens with zero attached hydrogens (tertiary/aromatic N) is 1. The molecular weight excluding hydrogens is 261 g/mol. The molecule has 1 aromatic carbocycles. The van der Waals surface area contributed by atoms with Crippen LogP contribution in [-0.2, 0) is 0 Å². The third-order valence-corrected chi connectivity index (χ3v) is 3.78. The van der Waals surface area contributed by atoms with E-state index in [2.05, 4.69) is 5.32 Å². The van der Waals surface area contributed by atoms with Crippen molar-refractivity contribution in [3.8, 4) is 0 Å². The van der Waals surface area contributed by atoms with Crippen molar-refractivity contribution in [3.63, 3.8) is 0 Å². The minimum atomic E-state index is -1.19. The predicted octanol–water partition coefficient (Wildman–Crippen LogP) is 1.68. The number of hydrogen-bond donors (Lipinski definition) is 3. The van der Waals surface area contributed by atoms with Crippen LogP contribution in [0.15, 0.2) is 12.1 Å². The number of rotatable bonds is 4. The minimum absolute atomic E-state index is 0.134. The van der Waals surface area contributed by atoms with Gasteiger partial charge in [-0.05, 0) is 45.0 Å². The summed E-state index contributed by atoms with van der Waals surface area (Å²) in [4.78, 5) is 13.4. The fourth-order valence-corrected chi connectivity index (χ4v) is 2.79. The zero-order valence-electron chi connectivity index (χ0n) is 11.5. The molecule has 0 aliphatic carbocycles. The Bertz CT molecular complexity index is 501. The molecule has 0 bridgehead atoms. The molecule has 0 saturated carbocycles. The maximum Gasteiger partial charge on any atom is 0.340 e. The highest BCUT2D eigenvalue weighted by atomic mass is 19.1. The summed E-state index contributed by atoms with van der Waals surface area (Å²) in [5.41, 5.74) is 5.69. The van der Waals surface area contributed by atoms with E-state index in [4.69, 9.17) is 5.73 Å². The van der Waals surface area contributed by atoms with E-state index in [-0.39, 0.29) is 17.3 Å². The zero-order chi connectivity index (χ0) is 14.7. The van der Waals surface area contributed by atoms with Crippen LogP contribution in [0.3, 0.4) is 0 Å². The first-order valence-corrected chi connectivity index (χ1v) is 6.84. The van der Waals surface area contributed by atoms with Crippen molar-refractivity contribution in [3.05, 3.63) is 23.5 Å². The molecule has 1 aliphatic heterocycles. The lowest BCUT2D eigenvalue weighted by atomic mass is 10.0. The first-order chi connectivity index (χ1) is 9.56. The number of carboxylic acids is 1. The monoisotopic (exact) mass is 281 g/mol. The smallest absolute Gasteiger partial charge is 0.340 e. The number of benzene rings is 1. The number of aromatic carboxylic acids is 1. The summed E-state index contributed by atoms with van der Waals surface area (Å²) in [5, 5.41) is 12.6. The number of piperidine rings is 1. The molecule has 0 aromatic heterocycles. The summed E-state index contributed by atoms with van der Waals surface area (Å²) in [6, 6.07) is 3.01. The summed E-state index contributed by atoms with van der Waals surface area (Å²) in [5.74, 6) is -1.88. The quantitative estimate of drug-likeness (QED) is 0.732. The topological polar surface area (TPSA) is 78.6 Å². The summed E-state index contributed by atoms with van der Waals surface area (Å²) in [6.45, 7) is 4.43. The van der Waals surface area contributed by atoms with Gasteiger partial charge in [0.25, 0.3) is 0 Å². The van der Waals surface area contributed by atoms with Crippen molar-refractivity contribution >= 4 is 17.3 Å². The van der Waals surface area contributed by atoms with Gasteiger partial charge in [-0.25, -0.2) is 9.18 Å². The third kappa shape index (κ3) is 2.70. The number of carbonyl (C=O) groups is 1. The van der Waals surface area contributed by atoms with E-state index in [0.717, 1.165) is 25.9 Å². The molecule has 0 atom stereocenters. The highest BCUT2D eigenvalue weighted by Crippen LogP contribution is 2.31. The zero-order valence-corrected chi connectivity index (χ0v) is 11.5. The van der Waals surface area contributed by atoms with Crippen molar-refractivity contribution in [2.75, 3.05) is 30.3 Å². The van der Waals surface area contributed by atoms with Gasteiger partial charge in [-0.1, -0.05) is 0 Å². The van der Waals surface area contributed by atoms with Crippen molar-refractivity contribution in [1.82, 2.24) is 5.32 Å². The van der Waals surface area contributed by atoms with Gasteiger partial charge in [0.1, 0.15) is 11.4 Å². The normalized spacial score (nSPS) is 16.1. The number of carboxylic acid groups (broad SMARTS) is 1. The third-order valence-electron chi connectivity index (χ3n) is 3.78. The van der Waals surface area contributed by atoms with E-state index < -0.39 is 11.8 Å². The second-order valence-electron chi connectivity index (χ2n) is 4.93. The standard InChI is InChI=1S/C14H20FN3O2/c1-2-18(9-5-7-17-8-6-9)11-4-3-10(15)13(16)12(11)14(19)20/h3-4,9,17H,2,5-8,16H2,1H3,(H,19,20). The van der Waals surface area contributed by atoms with Crippen molar-refractivity contribution < 1.29 is 14.3 Å². The molecule has 1 aliphatic rings. The van der Waals surface area contributed by atoms with Crippen LogP contribution in [0.25, 0.3) is 0 Å². The Labute approximate surface area is 117 Å². The number of nitrogens with two attached hydrogens (primary N) is 1. The lowest BCUT2D eigenvalue weighted by Gasteiger charge is -2.36. The Balaban J connectivity index is 2.43. The van der Waals surface area contributed by atoms with E-state index in [1.807, 2.05) is 11.8 Å². The van der Waals surface area contributed by atoms with Crippen LogP contribution in [0.4, 0.5) is 15.8 Å². The Hall–Kier alpha value is -1.82. The lowest BCUT2D eigenvalue weighted by Crippen LogP contribution is -2.43. The van der Waals surface area contributed by atoms with E-state index in [1.54, 1.807) is 0 Å². The second kappa shape index (κ2) is 6.09. The van der Waals surface area contributed by atoms with Crippen LogP contribution < -0.4 is 16.0 Å². The highest BCUT2D eigenvalue weighted by molar-refractivity contribution is 6.00. The van der Waals surface area contributed by atoms with Gasteiger partial charge < -0.3 is 21.1 Å². The minimum Gasteiger partial charge on any atom is -0.478 e. The van der Waals surface area contributed by atoms with Crippen LogP contribution >= 0.6 is 0 Å². The van der Waals surface area contributed by atoms with Crippen LogP contribution in [0.1, 0.15) is 30.1 Å². The molecule has 4 N–H and O–H groups in total. The number of hydrogen-bond acceptors (Lipinski definition) is 4. The lowest BCUT2D eigenvalue weighted by molar-refractivity contribution is 0.0698. The van der Waals surface area contributed by atoms with E-state index in [1.165, 1.54) is 12.1 Å². The van der Waals surface area contributed by atoms with Gasteiger partial charge in [-0.3, -0.25) is 0 Å². The Morgan fingerprint density at radius 2 is 2.15 bits per heavy atom. The summed E-state index contributed by atoms with van der Waals surface area (Å²) < 4.78 is 13.5. The fraction of sp³-hybridized carbons (Fsp3) is 0.500. The molecule has 0 spiro atoms. The largest absolute Gasteiger partial charge is 0.478 e. The maximum atomic E-state index is 13.5. The van der Waals surface area contributed by atoms with Crippen LogP contribution in [0.2, 0.25) is 0 Å². The molecule has 20 heavy (non-hydrogen) atoms. The van der Waals surface area contributed by atoms with Crippen molar-refractivity contribution in [1.29, 1.82) is 0 Å². The van der Waals surface area contributed by atoms with E-state index >= 15 is 0 Å². The molecule has 1 aromatic rings. The van der Waals surface area contributed by atoms with Gasteiger partial charge in [0, 0.05) is 12.6 Å². The van der Waals surface area contributed by atoms with Crippen LogP contribution in [-0.4, -0.2) is 36.8 Å². The highest BCUT2D eigenvalue weighted by Gasteiger charge is 2.26. The molecule has 0 unspecified atom stereocenters. The molecule has 0 radical (unpaired) electrons. The summed E-state index contributed by atoms with van der Waals surface area (Å²) in [6.07, 6.45) is 1.87. The van der Waals surface area contributed by atoms with Gasteiger partial charge >= 0.3 is 5.97 Å². The van der Waals surface area contributed by atoms with Crippen LogP contribution in [0.5, 0.6) is 0 Å². The average molecular weight is 281 g/mol. The molecular formula is C14H20FN3O2. The van der Waals surface area contributed by atoms with Gasteiger partial charge in [-0.15, -0.1) is 0 Å². The van der Waals surface area contributed by atoms with Gasteiger partial charge in [-0.2, -0.15) is 0 Å². The molecule has 1 saturated heterocycles. The molecule has 1 fully saturated rings. The van der Waals surface area contributed by atoms with Gasteiger partial charge in [0.05, 0.1) is 11.4 Å². The predicted molar refractivity (Wildman–Crippen MR) is 76.7 cm³/mol. The van der Waals surface area contributed by atoms with Crippen molar-refractivity contribution in [2.45, 2.75) is 25.8 Å². The molecule has 0 amide bonds. The SMILES string of the molecule is CCN(c1ccc(F)c(N)c1C(=O)O)C1CCNCC1. The fourth-order valence-electron chi connectivity index (χ4n) is 2.79. The number of anilines is 2. The Kier molecular flexibility index (Phi) is 4.44. The first kappa shape index (κ1) is 14.6. The van der Waals surface area contributed by atoms with Gasteiger partial charge in [0.15, 0.2) is 0 Å². The molecule has 2 rings (SSSR count). The van der Waals surface area contributed by atoms with Gasteiger partial charge in [0.2, 0.25) is 0 Å². The van der Waals surface area contributed by atoms with E-state index in [0.29, 0.717) is 12.2 Å². The first-order valence-electron chi connectivity index (χ1n) is 6.84. The number of halogens is 1. The molecule has 1 heterocycles. The Morgan fingerprint density at radius 1 is 1.50 bits per heavy atom. The number of nitrogen functional groups attached to an aromatic ring is 1. The van der Waals surface area contributed by atoms with E-state index in [9.17, 15) is 14.3 Å². The summed E-state index contributed by atoms with van der Waals surface area (Å²) >= 11 is 0. The van der Waals surface area contributed by atoms with Crippen LogP contribution in [0, 0.1) is 5.82 Å². The van der Waals surface area contributed by atoms with Crippen molar-refractivity contribution in [2.24, 2.45) is 0 Å². The molecule has 5 nitrogen and oxygen atoms in total. The second-order valence-corrected chi connectivity index (χ2v) is 4.93. The maximum absolute atomic E-state index is 13.5. The number of nitrogens with one attached hydrogen (secondary N) is 1. The Morgan fingerprint density at radius 3 is 2.70 bits per heavy atom.